The highest BCUT2D eigenvalue weighted by molar-refractivity contribution is 4.97. The molecule has 0 heterocycles. The van der Waals surface area contributed by atoms with Crippen LogP contribution in [0.4, 0.5) is 0 Å². The van der Waals surface area contributed by atoms with Gasteiger partial charge >= 0.3 is 0 Å². The molecule has 0 aliphatic heterocycles. The second-order valence-electron chi connectivity index (χ2n) is 3.67. The molecular weight excluding hydrogens is 176 g/mol. The maximum absolute atomic E-state index is 5.10. The molecule has 0 rings (SSSR count). The zero-order chi connectivity index (χ0) is 11.0. The monoisotopic (exact) mass is 198 g/mol. The summed E-state index contributed by atoms with van der Waals surface area (Å²) in [5.74, 6) is 0. The summed E-state index contributed by atoms with van der Waals surface area (Å²) < 4.78 is 10.2. The summed E-state index contributed by atoms with van der Waals surface area (Å²) in [6.07, 6.45) is 3.85. The number of methoxy groups -OCH3 is 2. The standard InChI is InChI=1S/C12H22O2/c1-10(2)7-6-8-11(3)9-12(13-4)14-5/h12H,1,3,6-9H2,2,4-5H3. The first-order valence-electron chi connectivity index (χ1n) is 4.96. The first-order valence-corrected chi connectivity index (χ1v) is 4.96. The highest BCUT2D eigenvalue weighted by Crippen LogP contribution is 2.15. The Hall–Kier alpha value is -0.600. The molecule has 0 bridgehead atoms. The van der Waals surface area contributed by atoms with Gasteiger partial charge in [0.05, 0.1) is 0 Å². The van der Waals surface area contributed by atoms with Crippen LogP contribution in [-0.2, 0) is 9.47 Å². The van der Waals surface area contributed by atoms with Crippen molar-refractivity contribution in [3.8, 4) is 0 Å². The van der Waals surface area contributed by atoms with E-state index in [1.54, 1.807) is 14.2 Å². The van der Waals surface area contributed by atoms with Gasteiger partial charge in [0, 0.05) is 20.6 Å². The quantitative estimate of drug-likeness (QED) is 0.440. The predicted octanol–water partition coefficient (Wildman–Crippen LogP) is 3.30. The van der Waals surface area contributed by atoms with E-state index in [-0.39, 0.29) is 6.29 Å². The Balaban J connectivity index is 3.59. The molecular formula is C12H22O2. The van der Waals surface area contributed by atoms with Crippen LogP contribution in [0.2, 0.25) is 0 Å². The molecule has 0 amide bonds. The molecule has 2 heteroatoms. The van der Waals surface area contributed by atoms with Crippen molar-refractivity contribution in [2.75, 3.05) is 14.2 Å². The summed E-state index contributed by atoms with van der Waals surface area (Å²) in [7, 11) is 3.30. The summed E-state index contributed by atoms with van der Waals surface area (Å²) >= 11 is 0. The molecule has 0 aromatic carbocycles. The first-order chi connectivity index (χ1) is 6.60. The minimum Gasteiger partial charge on any atom is -0.356 e. The normalized spacial score (nSPS) is 10.6. The van der Waals surface area contributed by atoms with Gasteiger partial charge in [-0.05, 0) is 26.2 Å². The van der Waals surface area contributed by atoms with Crippen molar-refractivity contribution in [1.29, 1.82) is 0 Å². The summed E-state index contributed by atoms with van der Waals surface area (Å²) in [6, 6.07) is 0. The molecule has 0 aromatic heterocycles. The lowest BCUT2D eigenvalue weighted by Gasteiger charge is -2.14. The third kappa shape index (κ3) is 6.87. The van der Waals surface area contributed by atoms with Gasteiger partial charge in [0.2, 0.25) is 0 Å². The second-order valence-corrected chi connectivity index (χ2v) is 3.67. The molecule has 0 unspecified atom stereocenters. The van der Waals surface area contributed by atoms with E-state index in [4.69, 9.17) is 9.47 Å². The Morgan fingerprint density at radius 3 is 2.14 bits per heavy atom. The van der Waals surface area contributed by atoms with E-state index < -0.39 is 0 Å². The van der Waals surface area contributed by atoms with Crippen molar-refractivity contribution < 1.29 is 9.47 Å². The van der Waals surface area contributed by atoms with Crippen LogP contribution in [0.15, 0.2) is 24.3 Å². The molecule has 0 atom stereocenters. The molecule has 14 heavy (non-hydrogen) atoms. The van der Waals surface area contributed by atoms with Gasteiger partial charge in [-0.2, -0.15) is 0 Å². The summed E-state index contributed by atoms with van der Waals surface area (Å²) in [5, 5.41) is 0. The maximum Gasteiger partial charge on any atom is 0.160 e. The second kappa shape index (κ2) is 7.77. The Kier molecular flexibility index (Phi) is 7.44. The first kappa shape index (κ1) is 13.4. The minimum atomic E-state index is -0.146. The Morgan fingerprint density at radius 1 is 1.14 bits per heavy atom. The van der Waals surface area contributed by atoms with Crippen molar-refractivity contribution in [3.63, 3.8) is 0 Å². The van der Waals surface area contributed by atoms with Gasteiger partial charge in [-0.1, -0.05) is 17.7 Å². The highest BCUT2D eigenvalue weighted by atomic mass is 16.7. The van der Waals surface area contributed by atoms with Crippen molar-refractivity contribution in [2.24, 2.45) is 0 Å². The van der Waals surface area contributed by atoms with E-state index in [2.05, 4.69) is 20.1 Å². The van der Waals surface area contributed by atoms with Gasteiger partial charge in [0.1, 0.15) is 0 Å². The lowest BCUT2D eigenvalue weighted by Crippen LogP contribution is -2.13. The van der Waals surface area contributed by atoms with Crippen molar-refractivity contribution in [3.05, 3.63) is 24.3 Å². The SMILES string of the molecule is C=C(C)CCCC(=C)CC(OC)OC. The Morgan fingerprint density at radius 2 is 1.71 bits per heavy atom. The molecule has 0 saturated carbocycles. The summed E-state index contributed by atoms with van der Waals surface area (Å²) in [6.45, 7) is 9.92. The van der Waals surface area contributed by atoms with Crippen molar-refractivity contribution in [2.45, 2.75) is 38.9 Å². The van der Waals surface area contributed by atoms with Gasteiger partial charge in [-0.3, -0.25) is 0 Å². The third-order valence-corrected chi connectivity index (χ3v) is 2.12. The predicted molar refractivity (Wildman–Crippen MR) is 60.2 cm³/mol. The van der Waals surface area contributed by atoms with Crippen LogP contribution >= 0.6 is 0 Å². The van der Waals surface area contributed by atoms with E-state index in [9.17, 15) is 0 Å². The fourth-order valence-corrected chi connectivity index (χ4v) is 1.24. The van der Waals surface area contributed by atoms with Gasteiger partial charge in [-0.15, -0.1) is 6.58 Å². The number of rotatable bonds is 8. The Labute approximate surface area is 87.6 Å². The number of ether oxygens (including phenoxy) is 2. The molecule has 0 radical (unpaired) electrons. The smallest absolute Gasteiger partial charge is 0.160 e. The summed E-state index contributed by atoms with van der Waals surface area (Å²) in [4.78, 5) is 0. The fourth-order valence-electron chi connectivity index (χ4n) is 1.24. The van der Waals surface area contributed by atoms with Crippen LogP contribution in [0.1, 0.15) is 32.6 Å². The van der Waals surface area contributed by atoms with Crippen LogP contribution in [-0.4, -0.2) is 20.5 Å². The minimum absolute atomic E-state index is 0.146. The van der Waals surface area contributed by atoms with Crippen LogP contribution < -0.4 is 0 Å². The maximum atomic E-state index is 5.10. The molecule has 0 aliphatic rings. The zero-order valence-electron chi connectivity index (χ0n) is 9.64. The molecule has 82 valence electrons. The van der Waals surface area contributed by atoms with Gasteiger partial charge in [0.25, 0.3) is 0 Å². The number of hydrogen-bond donors (Lipinski definition) is 0. The van der Waals surface area contributed by atoms with Gasteiger partial charge < -0.3 is 9.47 Å². The highest BCUT2D eigenvalue weighted by Gasteiger charge is 2.06. The van der Waals surface area contributed by atoms with Crippen LogP contribution in [0.3, 0.4) is 0 Å². The lowest BCUT2D eigenvalue weighted by atomic mass is 10.0. The van der Waals surface area contributed by atoms with E-state index in [1.165, 1.54) is 11.1 Å². The van der Waals surface area contributed by atoms with E-state index >= 15 is 0 Å². The van der Waals surface area contributed by atoms with Crippen LogP contribution in [0.5, 0.6) is 0 Å². The van der Waals surface area contributed by atoms with E-state index in [1.807, 2.05) is 0 Å². The average molecular weight is 198 g/mol. The number of hydrogen-bond acceptors (Lipinski definition) is 2. The zero-order valence-corrected chi connectivity index (χ0v) is 9.64. The molecule has 0 N–H and O–H groups in total. The average Bonchev–Trinajstić information content (AvgIpc) is 2.13. The topological polar surface area (TPSA) is 18.5 Å². The molecule has 0 aromatic rings. The van der Waals surface area contributed by atoms with Crippen LogP contribution in [0.25, 0.3) is 0 Å². The van der Waals surface area contributed by atoms with E-state index in [0.29, 0.717) is 0 Å². The largest absolute Gasteiger partial charge is 0.356 e. The van der Waals surface area contributed by atoms with Gasteiger partial charge in [0.15, 0.2) is 6.29 Å². The summed E-state index contributed by atoms with van der Waals surface area (Å²) in [5.41, 5.74) is 2.41. The molecule has 0 saturated heterocycles. The molecule has 0 fully saturated rings. The van der Waals surface area contributed by atoms with Crippen LogP contribution in [0, 0.1) is 0 Å². The third-order valence-electron chi connectivity index (χ3n) is 2.12. The fraction of sp³-hybridized carbons (Fsp3) is 0.667. The van der Waals surface area contributed by atoms with Gasteiger partial charge in [-0.25, -0.2) is 0 Å². The molecule has 0 aliphatic carbocycles. The molecule has 2 nitrogen and oxygen atoms in total. The lowest BCUT2D eigenvalue weighted by molar-refractivity contribution is -0.100. The van der Waals surface area contributed by atoms with E-state index in [0.717, 1.165) is 25.7 Å². The van der Waals surface area contributed by atoms with Crippen molar-refractivity contribution >= 4 is 0 Å². The molecule has 0 spiro atoms. The van der Waals surface area contributed by atoms with Crippen molar-refractivity contribution in [1.82, 2.24) is 0 Å². The Bertz CT molecular complexity index is 181. The number of allylic oxidation sites excluding steroid dienone is 1.